The van der Waals surface area contributed by atoms with E-state index >= 15 is 0 Å². The molecule has 0 aliphatic rings. The van der Waals surface area contributed by atoms with Gasteiger partial charge >= 0.3 is 6.18 Å². The fourth-order valence-electron chi connectivity index (χ4n) is 1.29. The van der Waals surface area contributed by atoms with E-state index < -0.39 is 36.3 Å². The SMILES string of the molecule is NC(=O)C(NCC(F)(F)F)c1ccc(F)c(F)c1. The van der Waals surface area contributed by atoms with Gasteiger partial charge in [-0.1, -0.05) is 6.07 Å². The smallest absolute Gasteiger partial charge is 0.368 e. The molecule has 0 spiro atoms. The molecule has 0 radical (unpaired) electrons. The van der Waals surface area contributed by atoms with Crippen LogP contribution in [0.15, 0.2) is 18.2 Å². The number of nitrogens with two attached hydrogens (primary N) is 1. The molecule has 0 fully saturated rings. The third-order valence-electron chi connectivity index (χ3n) is 2.07. The van der Waals surface area contributed by atoms with Crippen molar-refractivity contribution in [2.24, 2.45) is 5.73 Å². The normalized spacial score (nSPS) is 13.4. The Bertz CT molecular complexity index is 446. The minimum Gasteiger partial charge on any atom is -0.368 e. The van der Waals surface area contributed by atoms with Crippen LogP contribution in [-0.4, -0.2) is 18.6 Å². The quantitative estimate of drug-likeness (QED) is 0.816. The van der Waals surface area contributed by atoms with Crippen molar-refractivity contribution in [3.63, 3.8) is 0 Å². The second-order valence-corrected chi connectivity index (χ2v) is 3.51. The molecule has 100 valence electrons. The first-order valence-corrected chi connectivity index (χ1v) is 4.75. The van der Waals surface area contributed by atoms with E-state index in [0.717, 1.165) is 6.07 Å². The van der Waals surface area contributed by atoms with Crippen molar-refractivity contribution >= 4 is 5.91 Å². The number of hydrogen-bond acceptors (Lipinski definition) is 2. The van der Waals surface area contributed by atoms with Gasteiger partial charge in [0.25, 0.3) is 0 Å². The summed E-state index contributed by atoms with van der Waals surface area (Å²) in [5.41, 5.74) is 4.73. The molecule has 0 saturated heterocycles. The molecule has 1 amide bonds. The number of carbonyl (C=O) groups excluding carboxylic acids is 1. The van der Waals surface area contributed by atoms with E-state index in [0.29, 0.717) is 12.1 Å². The van der Waals surface area contributed by atoms with E-state index in [4.69, 9.17) is 5.73 Å². The first kappa shape index (κ1) is 14.4. The standard InChI is InChI=1S/C10H9F5N2O/c11-6-2-1-5(3-7(6)12)8(9(16)18)17-4-10(13,14)15/h1-3,8,17H,4H2,(H2,16,18). The van der Waals surface area contributed by atoms with Crippen LogP contribution in [0.1, 0.15) is 11.6 Å². The highest BCUT2D eigenvalue weighted by molar-refractivity contribution is 5.81. The summed E-state index contributed by atoms with van der Waals surface area (Å²) in [6.07, 6.45) is -4.55. The predicted molar refractivity (Wildman–Crippen MR) is 52.4 cm³/mol. The minimum absolute atomic E-state index is 0.175. The van der Waals surface area contributed by atoms with E-state index in [1.54, 1.807) is 0 Å². The largest absolute Gasteiger partial charge is 0.401 e. The molecule has 8 heteroatoms. The predicted octanol–water partition coefficient (Wildman–Crippen LogP) is 1.64. The third-order valence-corrected chi connectivity index (χ3v) is 2.07. The maximum absolute atomic E-state index is 12.9. The lowest BCUT2D eigenvalue weighted by Crippen LogP contribution is -2.39. The van der Waals surface area contributed by atoms with Crippen LogP contribution in [0.3, 0.4) is 0 Å². The van der Waals surface area contributed by atoms with E-state index in [1.807, 2.05) is 5.32 Å². The van der Waals surface area contributed by atoms with Gasteiger partial charge in [-0.2, -0.15) is 13.2 Å². The Labute approximate surface area is 98.8 Å². The van der Waals surface area contributed by atoms with E-state index in [-0.39, 0.29) is 5.56 Å². The molecule has 0 aliphatic carbocycles. The van der Waals surface area contributed by atoms with Gasteiger partial charge in [0, 0.05) is 0 Å². The molecular weight excluding hydrogens is 259 g/mol. The highest BCUT2D eigenvalue weighted by Crippen LogP contribution is 2.19. The van der Waals surface area contributed by atoms with Gasteiger partial charge in [-0.25, -0.2) is 8.78 Å². The molecule has 1 aromatic rings. The van der Waals surface area contributed by atoms with Crippen molar-refractivity contribution in [3.05, 3.63) is 35.4 Å². The topological polar surface area (TPSA) is 55.1 Å². The zero-order valence-electron chi connectivity index (χ0n) is 8.89. The summed E-state index contributed by atoms with van der Waals surface area (Å²) in [5, 5.41) is 1.83. The number of alkyl halides is 3. The lowest BCUT2D eigenvalue weighted by atomic mass is 10.1. The monoisotopic (exact) mass is 268 g/mol. The van der Waals surface area contributed by atoms with E-state index in [1.165, 1.54) is 0 Å². The van der Waals surface area contributed by atoms with Gasteiger partial charge in [0.1, 0.15) is 6.04 Å². The Kier molecular flexibility index (Phi) is 4.23. The van der Waals surface area contributed by atoms with Gasteiger partial charge in [0.2, 0.25) is 5.91 Å². The Morgan fingerprint density at radius 1 is 1.28 bits per heavy atom. The molecule has 18 heavy (non-hydrogen) atoms. The second kappa shape index (κ2) is 5.30. The Morgan fingerprint density at radius 3 is 2.33 bits per heavy atom. The Morgan fingerprint density at radius 2 is 1.89 bits per heavy atom. The number of halogens is 5. The molecule has 1 rings (SSSR count). The van der Waals surface area contributed by atoms with Crippen LogP contribution in [0.4, 0.5) is 22.0 Å². The van der Waals surface area contributed by atoms with Crippen molar-refractivity contribution in [2.45, 2.75) is 12.2 Å². The van der Waals surface area contributed by atoms with Crippen LogP contribution in [0.2, 0.25) is 0 Å². The maximum atomic E-state index is 12.9. The molecule has 0 aliphatic heterocycles. The maximum Gasteiger partial charge on any atom is 0.401 e. The number of carbonyl (C=O) groups is 1. The molecule has 3 nitrogen and oxygen atoms in total. The molecule has 1 atom stereocenters. The van der Waals surface area contributed by atoms with Gasteiger partial charge in [0.05, 0.1) is 6.54 Å². The zero-order valence-corrected chi connectivity index (χ0v) is 8.89. The summed E-state index contributed by atoms with van der Waals surface area (Å²) in [5.74, 6) is -3.56. The van der Waals surface area contributed by atoms with Crippen LogP contribution in [0.25, 0.3) is 0 Å². The zero-order chi connectivity index (χ0) is 13.9. The van der Waals surface area contributed by atoms with Crippen molar-refractivity contribution in [2.75, 3.05) is 6.54 Å². The average Bonchev–Trinajstić information content (AvgIpc) is 2.21. The Hall–Kier alpha value is -1.70. The number of nitrogens with one attached hydrogen (secondary N) is 1. The van der Waals surface area contributed by atoms with Crippen molar-refractivity contribution in [1.29, 1.82) is 0 Å². The summed E-state index contributed by atoms with van der Waals surface area (Å²) >= 11 is 0. The molecule has 0 saturated carbocycles. The number of amides is 1. The molecule has 0 bridgehead atoms. The highest BCUT2D eigenvalue weighted by atomic mass is 19.4. The molecule has 0 heterocycles. The van der Waals surface area contributed by atoms with Gasteiger partial charge in [-0.3, -0.25) is 10.1 Å². The summed E-state index contributed by atoms with van der Waals surface area (Å²) in [6, 6.07) is 0.767. The number of rotatable bonds is 4. The van der Waals surface area contributed by atoms with Gasteiger partial charge in [0.15, 0.2) is 11.6 Å². The highest BCUT2D eigenvalue weighted by Gasteiger charge is 2.30. The van der Waals surface area contributed by atoms with Crippen LogP contribution >= 0.6 is 0 Å². The molecule has 0 aromatic heterocycles. The molecule has 1 unspecified atom stereocenters. The lowest BCUT2D eigenvalue weighted by Gasteiger charge is -2.17. The number of primary amides is 1. The van der Waals surface area contributed by atoms with Gasteiger partial charge < -0.3 is 5.73 Å². The van der Waals surface area contributed by atoms with Crippen LogP contribution < -0.4 is 11.1 Å². The fraction of sp³-hybridized carbons (Fsp3) is 0.300. The second-order valence-electron chi connectivity index (χ2n) is 3.51. The minimum atomic E-state index is -4.55. The van der Waals surface area contributed by atoms with Crippen molar-refractivity contribution in [3.8, 4) is 0 Å². The van der Waals surface area contributed by atoms with Crippen molar-refractivity contribution in [1.82, 2.24) is 5.32 Å². The molecular formula is C10H9F5N2O. The fourth-order valence-corrected chi connectivity index (χ4v) is 1.29. The summed E-state index contributed by atoms with van der Waals surface area (Å²) in [4.78, 5) is 11.0. The first-order valence-electron chi connectivity index (χ1n) is 4.75. The summed E-state index contributed by atoms with van der Waals surface area (Å²) < 4.78 is 61.5. The summed E-state index contributed by atoms with van der Waals surface area (Å²) in [6.45, 7) is -1.47. The van der Waals surface area contributed by atoms with E-state index in [2.05, 4.69) is 0 Å². The lowest BCUT2D eigenvalue weighted by molar-refractivity contribution is -0.130. The van der Waals surface area contributed by atoms with E-state index in [9.17, 15) is 26.7 Å². The number of hydrogen-bond donors (Lipinski definition) is 2. The van der Waals surface area contributed by atoms with Crippen LogP contribution in [0, 0.1) is 11.6 Å². The first-order chi connectivity index (χ1) is 8.20. The third kappa shape index (κ3) is 3.95. The number of benzene rings is 1. The van der Waals surface area contributed by atoms with Crippen LogP contribution in [0.5, 0.6) is 0 Å². The Balaban J connectivity index is 2.91. The van der Waals surface area contributed by atoms with Crippen molar-refractivity contribution < 1.29 is 26.7 Å². The molecule has 3 N–H and O–H groups in total. The van der Waals surface area contributed by atoms with Gasteiger partial charge in [-0.15, -0.1) is 0 Å². The van der Waals surface area contributed by atoms with Gasteiger partial charge in [-0.05, 0) is 17.7 Å². The summed E-state index contributed by atoms with van der Waals surface area (Å²) in [7, 11) is 0. The molecule has 1 aromatic carbocycles. The van der Waals surface area contributed by atoms with Crippen LogP contribution in [-0.2, 0) is 4.79 Å². The average molecular weight is 268 g/mol.